The fourth-order valence-electron chi connectivity index (χ4n) is 4.83. The smallest absolute Gasteiger partial charge is 0.410 e. The van der Waals surface area contributed by atoms with Crippen molar-refractivity contribution >= 4 is 17.5 Å². The maximum absolute atomic E-state index is 12.9. The van der Waals surface area contributed by atoms with Crippen molar-refractivity contribution < 1.29 is 9.53 Å². The number of carbonyl (C=O) groups excluding carboxylic acids is 1. The van der Waals surface area contributed by atoms with Crippen molar-refractivity contribution in [3.8, 4) is 0 Å². The Bertz CT molecular complexity index is 1290. The van der Waals surface area contributed by atoms with Gasteiger partial charge in [-0.2, -0.15) is 0 Å². The molecule has 180 valence electrons. The highest BCUT2D eigenvalue weighted by Crippen LogP contribution is 2.30. The standard InChI is InChI=1S/C32H30N2O2/c1-2-34(32(35)36-23-24-12-6-3-7-13-24)30-21-27-18-19-29(20-28(27)22-30)33-31(25-14-8-4-9-15-25)26-16-10-5-11-17-26/h3-20,30H,2,21-23H2,1H3. The molecule has 4 heteroatoms. The molecule has 1 atom stereocenters. The maximum atomic E-state index is 12.9. The zero-order valence-electron chi connectivity index (χ0n) is 20.5. The maximum Gasteiger partial charge on any atom is 0.410 e. The van der Waals surface area contributed by atoms with Crippen LogP contribution in [0.25, 0.3) is 0 Å². The van der Waals surface area contributed by atoms with E-state index in [0.29, 0.717) is 6.54 Å². The number of likely N-dealkylation sites (N-methyl/N-ethyl adjacent to an activating group) is 1. The number of benzene rings is 4. The van der Waals surface area contributed by atoms with Crippen LogP contribution in [-0.2, 0) is 24.2 Å². The zero-order chi connectivity index (χ0) is 24.7. The predicted molar refractivity (Wildman–Crippen MR) is 145 cm³/mol. The highest BCUT2D eigenvalue weighted by atomic mass is 16.6. The second kappa shape index (κ2) is 11.0. The van der Waals surface area contributed by atoms with E-state index in [4.69, 9.17) is 9.73 Å². The van der Waals surface area contributed by atoms with Crippen molar-refractivity contribution in [3.63, 3.8) is 0 Å². The summed E-state index contributed by atoms with van der Waals surface area (Å²) in [5, 5.41) is 0. The second-order valence-electron chi connectivity index (χ2n) is 9.03. The third kappa shape index (κ3) is 5.38. The second-order valence-corrected chi connectivity index (χ2v) is 9.03. The van der Waals surface area contributed by atoms with Crippen LogP contribution in [0, 0.1) is 0 Å². The van der Waals surface area contributed by atoms with Crippen molar-refractivity contribution in [1.29, 1.82) is 0 Å². The summed E-state index contributed by atoms with van der Waals surface area (Å²) in [5.41, 5.74) is 7.55. The number of ether oxygens (including phenoxy) is 1. The number of aliphatic imine (C=N–C) groups is 1. The highest BCUT2D eigenvalue weighted by molar-refractivity contribution is 6.13. The summed E-state index contributed by atoms with van der Waals surface area (Å²) in [5.74, 6) is 0. The molecule has 0 fully saturated rings. The summed E-state index contributed by atoms with van der Waals surface area (Å²) in [6.45, 7) is 2.91. The van der Waals surface area contributed by atoms with E-state index in [1.54, 1.807) is 0 Å². The van der Waals surface area contributed by atoms with Gasteiger partial charge >= 0.3 is 6.09 Å². The van der Waals surface area contributed by atoms with Gasteiger partial charge in [0.1, 0.15) is 6.61 Å². The molecule has 1 amide bonds. The first-order valence-corrected chi connectivity index (χ1v) is 12.5. The number of fused-ring (bicyclic) bond motifs is 1. The third-order valence-electron chi connectivity index (χ3n) is 6.66. The van der Waals surface area contributed by atoms with Crippen LogP contribution in [0.1, 0.15) is 34.7 Å². The van der Waals surface area contributed by atoms with Crippen LogP contribution in [0.5, 0.6) is 0 Å². The van der Waals surface area contributed by atoms with E-state index in [2.05, 4.69) is 42.5 Å². The van der Waals surface area contributed by atoms with E-state index in [9.17, 15) is 4.79 Å². The molecule has 0 N–H and O–H groups in total. The van der Waals surface area contributed by atoms with Crippen LogP contribution < -0.4 is 0 Å². The average Bonchev–Trinajstić information content (AvgIpc) is 3.35. The molecular weight excluding hydrogens is 444 g/mol. The van der Waals surface area contributed by atoms with Gasteiger partial charge in [-0.3, -0.25) is 0 Å². The van der Waals surface area contributed by atoms with Crippen LogP contribution in [0.4, 0.5) is 10.5 Å². The summed E-state index contributed by atoms with van der Waals surface area (Å²) >= 11 is 0. The van der Waals surface area contributed by atoms with E-state index in [0.717, 1.165) is 40.9 Å². The van der Waals surface area contributed by atoms with Gasteiger partial charge in [0.05, 0.1) is 11.4 Å². The van der Waals surface area contributed by atoms with Gasteiger partial charge in [0.2, 0.25) is 0 Å². The molecule has 4 aromatic carbocycles. The van der Waals surface area contributed by atoms with Gasteiger partial charge in [-0.05, 0) is 48.6 Å². The molecule has 4 aromatic rings. The molecule has 1 unspecified atom stereocenters. The molecule has 0 saturated heterocycles. The molecule has 0 radical (unpaired) electrons. The number of rotatable bonds is 7. The molecule has 5 rings (SSSR count). The van der Waals surface area contributed by atoms with Crippen molar-refractivity contribution in [2.24, 2.45) is 4.99 Å². The minimum atomic E-state index is -0.257. The Morgan fingerprint density at radius 1 is 0.806 bits per heavy atom. The van der Waals surface area contributed by atoms with Gasteiger partial charge in [-0.25, -0.2) is 9.79 Å². The minimum Gasteiger partial charge on any atom is -0.445 e. The van der Waals surface area contributed by atoms with E-state index in [1.807, 2.05) is 78.6 Å². The van der Waals surface area contributed by atoms with E-state index in [1.165, 1.54) is 11.1 Å². The molecule has 0 aliphatic heterocycles. The SMILES string of the molecule is CCN(C(=O)OCc1ccccc1)C1Cc2ccc(N=C(c3ccccc3)c3ccccc3)cc2C1. The summed E-state index contributed by atoms with van der Waals surface area (Å²) in [7, 11) is 0. The molecule has 0 spiro atoms. The molecule has 1 aliphatic rings. The largest absolute Gasteiger partial charge is 0.445 e. The van der Waals surface area contributed by atoms with Gasteiger partial charge in [-0.1, -0.05) is 97.1 Å². The van der Waals surface area contributed by atoms with Crippen LogP contribution in [0.2, 0.25) is 0 Å². The number of amides is 1. The Morgan fingerprint density at radius 2 is 1.39 bits per heavy atom. The van der Waals surface area contributed by atoms with Gasteiger partial charge in [0, 0.05) is 23.7 Å². The first-order chi connectivity index (χ1) is 17.7. The van der Waals surface area contributed by atoms with Crippen molar-refractivity contribution in [3.05, 3.63) is 137 Å². The van der Waals surface area contributed by atoms with Crippen LogP contribution in [0.3, 0.4) is 0 Å². The average molecular weight is 475 g/mol. The minimum absolute atomic E-state index is 0.0928. The summed E-state index contributed by atoms with van der Waals surface area (Å²) in [6.07, 6.45) is 1.38. The predicted octanol–water partition coefficient (Wildman–Crippen LogP) is 6.98. The lowest BCUT2D eigenvalue weighted by atomic mass is 10.0. The molecule has 36 heavy (non-hydrogen) atoms. The summed E-state index contributed by atoms with van der Waals surface area (Å²) in [6, 6.07) is 36.9. The number of hydrogen-bond donors (Lipinski definition) is 0. The lowest BCUT2D eigenvalue weighted by Gasteiger charge is -2.26. The summed E-state index contributed by atoms with van der Waals surface area (Å²) in [4.78, 5) is 19.8. The Labute approximate surface area is 212 Å². The van der Waals surface area contributed by atoms with Crippen LogP contribution in [-0.4, -0.2) is 29.3 Å². The normalized spacial score (nSPS) is 14.1. The quantitative estimate of drug-likeness (QED) is 0.271. The van der Waals surface area contributed by atoms with E-state index < -0.39 is 0 Å². The van der Waals surface area contributed by atoms with Crippen LogP contribution >= 0.6 is 0 Å². The number of carbonyl (C=O) groups is 1. The van der Waals surface area contributed by atoms with Crippen molar-refractivity contribution in [1.82, 2.24) is 4.90 Å². The molecule has 0 heterocycles. The molecule has 0 bridgehead atoms. The lowest BCUT2D eigenvalue weighted by Crippen LogP contribution is -2.41. The molecule has 0 aromatic heterocycles. The molecule has 4 nitrogen and oxygen atoms in total. The van der Waals surface area contributed by atoms with Crippen molar-refractivity contribution in [2.45, 2.75) is 32.4 Å². The molecular formula is C32H30N2O2. The lowest BCUT2D eigenvalue weighted by molar-refractivity contribution is 0.0840. The Kier molecular flexibility index (Phi) is 7.23. The Morgan fingerprint density at radius 3 is 2.00 bits per heavy atom. The van der Waals surface area contributed by atoms with Gasteiger partial charge < -0.3 is 9.64 Å². The Balaban J connectivity index is 1.34. The van der Waals surface area contributed by atoms with E-state index >= 15 is 0 Å². The molecule has 0 saturated carbocycles. The topological polar surface area (TPSA) is 41.9 Å². The van der Waals surface area contributed by atoms with Gasteiger partial charge in [0.25, 0.3) is 0 Å². The highest BCUT2D eigenvalue weighted by Gasteiger charge is 2.30. The van der Waals surface area contributed by atoms with Crippen molar-refractivity contribution in [2.75, 3.05) is 6.54 Å². The monoisotopic (exact) mass is 474 g/mol. The zero-order valence-corrected chi connectivity index (χ0v) is 20.5. The summed E-state index contributed by atoms with van der Waals surface area (Å²) < 4.78 is 5.63. The third-order valence-corrected chi connectivity index (χ3v) is 6.66. The molecule has 1 aliphatic carbocycles. The number of hydrogen-bond acceptors (Lipinski definition) is 3. The fourth-order valence-corrected chi connectivity index (χ4v) is 4.83. The van der Waals surface area contributed by atoms with Gasteiger partial charge in [-0.15, -0.1) is 0 Å². The fraction of sp³-hybridized carbons (Fsp3) is 0.188. The van der Waals surface area contributed by atoms with Crippen LogP contribution in [0.15, 0.2) is 114 Å². The van der Waals surface area contributed by atoms with Gasteiger partial charge in [0.15, 0.2) is 0 Å². The van der Waals surface area contributed by atoms with E-state index in [-0.39, 0.29) is 18.7 Å². The first kappa shape index (κ1) is 23.6. The first-order valence-electron chi connectivity index (χ1n) is 12.5. The number of nitrogens with zero attached hydrogens (tertiary/aromatic N) is 2. The Hall–Kier alpha value is -4.18.